The summed E-state index contributed by atoms with van der Waals surface area (Å²) in [5.74, 6) is 0.308. The molecule has 1 aromatic carbocycles. The van der Waals surface area contributed by atoms with Gasteiger partial charge in [-0.2, -0.15) is 0 Å². The molecular formula is C23H36N2O2. The first-order valence-corrected chi connectivity index (χ1v) is 9.80. The lowest BCUT2D eigenvalue weighted by molar-refractivity contribution is -0.130. The Bertz CT molecular complexity index is 643. The number of nitrogens with one attached hydrogen (secondary N) is 1. The summed E-state index contributed by atoms with van der Waals surface area (Å²) in [7, 11) is 1.97. The topological polar surface area (TPSA) is 49.4 Å². The maximum absolute atomic E-state index is 13.0. The third-order valence-corrected chi connectivity index (χ3v) is 4.68. The molecule has 0 radical (unpaired) electrons. The van der Waals surface area contributed by atoms with Gasteiger partial charge in [-0.3, -0.25) is 14.5 Å². The standard InChI is InChI=1S/C23H36N2O2/c1-16(2)12-13-25(7)22(14-17(3)4)23(27)24-21(19(6)26)15-20-10-8-18(5)9-11-20/h8-12,17,21-22H,13-15H2,1-7H3,(H,24,27)/t21?,22-/m0/s1. The summed E-state index contributed by atoms with van der Waals surface area (Å²) in [4.78, 5) is 27.2. The van der Waals surface area contributed by atoms with E-state index in [1.54, 1.807) is 6.92 Å². The second-order valence-corrected chi connectivity index (χ2v) is 8.23. The Hall–Kier alpha value is -1.94. The summed E-state index contributed by atoms with van der Waals surface area (Å²) in [6, 6.07) is 7.35. The highest BCUT2D eigenvalue weighted by Gasteiger charge is 2.27. The number of hydrogen-bond acceptors (Lipinski definition) is 3. The van der Waals surface area contributed by atoms with E-state index in [2.05, 4.69) is 44.0 Å². The van der Waals surface area contributed by atoms with Crippen LogP contribution < -0.4 is 5.32 Å². The van der Waals surface area contributed by atoms with Crippen LogP contribution >= 0.6 is 0 Å². The summed E-state index contributed by atoms with van der Waals surface area (Å²) >= 11 is 0. The van der Waals surface area contributed by atoms with Crippen LogP contribution in [0.15, 0.2) is 35.9 Å². The Balaban J connectivity index is 2.88. The maximum Gasteiger partial charge on any atom is 0.237 e. The molecule has 0 heterocycles. The van der Waals surface area contributed by atoms with Gasteiger partial charge in [-0.15, -0.1) is 0 Å². The first kappa shape index (κ1) is 23.1. The summed E-state index contributed by atoms with van der Waals surface area (Å²) < 4.78 is 0. The van der Waals surface area contributed by atoms with Gasteiger partial charge in [0.15, 0.2) is 5.78 Å². The highest BCUT2D eigenvalue weighted by molar-refractivity contribution is 5.89. The Morgan fingerprint density at radius 1 is 1.11 bits per heavy atom. The number of carbonyl (C=O) groups excluding carboxylic acids is 2. The highest BCUT2D eigenvalue weighted by Crippen LogP contribution is 2.13. The molecule has 0 saturated heterocycles. The number of nitrogens with zero attached hydrogens (tertiary/aromatic N) is 1. The van der Waals surface area contributed by atoms with Crippen LogP contribution in [0.4, 0.5) is 0 Å². The van der Waals surface area contributed by atoms with Crippen LogP contribution in [-0.2, 0) is 16.0 Å². The molecule has 0 bridgehead atoms. The van der Waals surface area contributed by atoms with E-state index in [0.29, 0.717) is 12.3 Å². The second-order valence-electron chi connectivity index (χ2n) is 8.23. The van der Waals surface area contributed by atoms with E-state index in [1.165, 1.54) is 11.1 Å². The lowest BCUT2D eigenvalue weighted by atomic mass is 9.99. The Labute approximate surface area is 165 Å². The maximum atomic E-state index is 13.0. The number of aryl methyl sites for hydroxylation is 1. The van der Waals surface area contributed by atoms with Crippen LogP contribution in [0.5, 0.6) is 0 Å². The van der Waals surface area contributed by atoms with Gasteiger partial charge in [-0.25, -0.2) is 0 Å². The summed E-state index contributed by atoms with van der Waals surface area (Å²) in [5.41, 5.74) is 3.46. The van der Waals surface area contributed by atoms with Crippen molar-refractivity contribution in [3.8, 4) is 0 Å². The van der Waals surface area contributed by atoms with Crippen molar-refractivity contribution >= 4 is 11.7 Å². The molecule has 150 valence electrons. The number of ketones is 1. The zero-order valence-electron chi connectivity index (χ0n) is 18.0. The summed E-state index contributed by atoms with van der Waals surface area (Å²) in [6.45, 7) is 12.6. The zero-order chi connectivity index (χ0) is 20.6. The molecule has 0 aliphatic rings. The third-order valence-electron chi connectivity index (χ3n) is 4.68. The molecule has 0 spiro atoms. The molecule has 0 aliphatic heterocycles. The number of Topliss-reactive ketones (excluding diaryl/α,β-unsaturated/α-hetero) is 1. The van der Waals surface area contributed by atoms with E-state index in [0.717, 1.165) is 18.5 Å². The van der Waals surface area contributed by atoms with Crippen LogP contribution in [-0.4, -0.2) is 42.3 Å². The number of carbonyl (C=O) groups is 2. The van der Waals surface area contributed by atoms with Crippen LogP contribution in [0.25, 0.3) is 0 Å². The lowest BCUT2D eigenvalue weighted by Gasteiger charge is -2.29. The van der Waals surface area contributed by atoms with E-state index < -0.39 is 6.04 Å². The fourth-order valence-corrected chi connectivity index (χ4v) is 2.91. The van der Waals surface area contributed by atoms with Gasteiger partial charge < -0.3 is 5.32 Å². The average Bonchev–Trinajstić information content (AvgIpc) is 2.58. The average molecular weight is 373 g/mol. The number of rotatable bonds is 10. The van der Waals surface area contributed by atoms with Crippen molar-refractivity contribution in [2.24, 2.45) is 5.92 Å². The summed E-state index contributed by atoms with van der Waals surface area (Å²) in [6.07, 6.45) is 3.40. The van der Waals surface area contributed by atoms with Gasteiger partial charge in [0.2, 0.25) is 5.91 Å². The predicted molar refractivity (Wildman–Crippen MR) is 113 cm³/mol. The Morgan fingerprint density at radius 3 is 2.19 bits per heavy atom. The molecule has 1 unspecified atom stereocenters. The predicted octanol–water partition coefficient (Wildman–Crippen LogP) is 3.92. The van der Waals surface area contributed by atoms with Crippen molar-refractivity contribution in [3.05, 3.63) is 47.0 Å². The lowest BCUT2D eigenvalue weighted by Crippen LogP contribution is -2.51. The SMILES string of the molecule is CC(=O)C(Cc1ccc(C)cc1)NC(=O)[C@H](CC(C)C)N(C)CC=C(C)C. The minimum Gasteiger partial charge on any atom is -0.345 e. The first-order valence-electron chi connectivity index (χ1n) is 9.80. The number of amides is 1. The number of hydrogen-bond donors (Lipinski definition) is 1. The van der Waals surface area contributed by atoms with Crippen molar-refractivity contribution in [2.75, 3.05) is 13.6 Å². The van der Waals surface area contributed by atoms with Crippen molar-refractivity contribution in [2.45, 2.75) is 66.5 Å². The van der Waals surface area contributed by atoms with Crippen molar-refractivity contribution < 1.29 is 9.59 Å². The molecule has 0 saturated carbocycles. The van der Waals surface area contributed by atoms with Gasteiger partial charge in [0.25, 0.3) is 0 Å². The van der Waals surface area contributed by atoms with E-state index in [9.17, 15) is 9.59 Å². The third kappa shape index (κ3) is 8.53. The molecule has 2 atom stereocenters. The largest absolute Gasteiger partial charge is 0.345 e. The number of allylic oxidation sites excluding steroid dienone is 1. The fraction of sp³-hybridized carbons (Fsp3) is 0.565. The second kappa shape index (κ2) is 11.0. The number of benzene rings is 1. The molecule has 4 heteroatoms. The molecule has 1 amide bonds. The van der Waals surface area contributed by atoms with E-state index in [1.807, 2.05) is 38.2 Å². The van der Waals surface area contributed by atoms with Gasteiger partial charge >= 0.3 is 0 Å². The Morgan fingerprint density at radius 2 is 1.70 bits per heavy atom. The molecule has 1 rings (SSSR count). The smallest absolute Gasteiger partial charge is 0.237 e. The van der Waals surface area contributed by atoms with Gasteiger partial charge in [0, 0.05) is 6.54 Å². The first-order chi connectivity index (χ1) is 12.6. The van der Waals surface area contributed by atoms with E-state index in [4.69, 9.17) is 0 Å². The van der Waals surface area contributed by atoms with Gasteiger partial charge in [0.1, 0.15) is 0 Å². The molecule has 27 heavy (non-hydrogen) atoms. The molecule has 0 aliphatic carbocycles. The van der Waals surface area contributed by atoms with Crippen LogP contribution in [0.1, 0.15) is 52.2 Å². The monoisotopic (exact) mass is 372 g/mol. The van der Waals surface area contributed by atoms with Gasteiger partial charge in [-0.05, 0) is 59.1 Å². The molecule has 4 nitrogen and oxygen atoms in total. The minimum absolute atomic E-state index is 0.0147. The van der Waals surface area contributed by atoms with Crippen molar-refractivity contribution in [3.63, 3.8) is 0 Å². The van der Waals surface area contributed by atoms with E-state index >= 15 is 0 Å². The fourth-order valence-electron chi connectivity index (χ4n) is 2.91. The van der Waals surface area contributed by atoms with Gasteiger partial charge in [-0.1, -0.05) is 55.3 Å². The van der Waals surface area contributed by atoms with Gasteiger partial charge in [0.05, 0.1) is 12.1 Å². The van der Waals surface area contributed by atoms with Crippen LogP contribution in [0.2, 0.25) is 0 Å². The normalized spacial score (nSPS) is 13.4. The van der Waals surface area contributed by atoms with Crippen molar-refractivity contribution in [1.82, 2.24) is 10.2 Å². The van der Waals surface area contributed by atoms with Crippen LogP contribution in [0, 0.1) is 12.8 Å². The molecule has 1 N–H and O–H groups in total. The van der Waals surface area contributed by atoms with Crippen molar-refractivity contribution in [1.29, 1.82) is 0 Å². The van der Waals surface area contributed by atoms with E-state index in [-0.39, 0.29) is 17.7 Å². The highest BCUT2D eigenvalue weighted by atomic mass is 16.2. The van der Waals surface area contributed by atoms with Crippen LogP contribution in [0.3, 0.4) is 0 Å². The molecule has 0 fully saturated rings. The number of likely N-dealkylation sites (N-methyl/N-ethyl adjacent to an activating group) is 1. The minimum atomic E-state index is -0.494. The molecule has 0 aromatic heterocycles. The molecule has 1 aromatic rings. The molecular weight excluding hydrogens is 336 g/mol. The zero-order valence-corrected chi connectivity index (χ0v) is 18.0. The Kier molecular flexibility index (Phi) is 9.44. The quantitative estimate of drug-likeness (QED) is 0.633. The summed E-state index contributed by atoms with van der Waals surface area (Å²) in [5, 5.41) is 3.00.